The Kier molecular flexibility index (Phi) is 19.3. The number of carbonyl (C=O) groups excluding carboxylic acids is 4. The summed E-state index contributed by atoms with van der Waals surface area (Å²) in [5.41, 5.74) is -5.09. The average Bonchev–Trinajstić information content (AvgIpc) is 1.43. The molecule has 16 rings (SSSR count). The van der Waals surface area contributed by atoms with Gasteiger partial charge in [-0.15, -0.1) is 0 Å². The summed E-state index contributed by atoms with van der Waals surface area (Å²) in [6, 6.07) is 36.1. The van der Waals surface area contributed by atoms with Gasteiger partial charge in [-0.2, -0.15) is 33.7 Å². The molecule has 8 aromatic rings. The third kappa shape index (κ3) is 12.3. The molecule has 0 saturated heterocycles. The molecule has 8 saturated carbocycles. The first kappa shape index (κ1) is 78.4. The van der Waals surface area contributed by atoms with E-state index < -0.39 is 107 Å². The zero-order valence-electron chi connectivity index (χ0n) is 66.4. The molecule has 8 atom stereocenters. The van der Waals surface area contributed by atoms with Gasteiger partial charge < -0.3 is 16.7 Å². The van der Waals surface area contributed by atoms with Crippen molar-refractivity contribution in [1.29, 1.82) is 0 Å². The Morgan fingerprint density at radius 1 is 0.312 bits per heavy atom. The van der Waals surface area contributed by atoms with Crippen LogP contribution in [-0.2, 0) is 72.5 Å². The van der Waals surface area contributed by atoms with Crippen LogP contribution in [0.15, 0.2) is 121 Å². The van der Waals surface area contributed by atoms with Crippen molar-refractivity contribution in [2.24, 2.45) is 67.0 Å². The highest BCUT2D eigenvalue weighted by Crippen LogP contribution is 2.69. The minimum Gasteiger partial charge on any atom is -0.382 e. The van der Waals surface area contributed by atoms with E-state index in [1.54, 1.807) is 48.5 Å². The van der Waals surface area contributed by atoms with Crippen LogP contribution in [0.25, 0.3) is 76.5 Å². The molecule has 16 nitrogen and oxygen atoms in total. The van der Waals surface area contributed by atoms with Crippen molar-refractivity contribution in [3.05, 3.63) is 132 Å². The number of aryl methyl sites for hydroxylation is 2. The lowest BCUT2D eigenvalue weighted by molar-refractivity contribution is -0.128. The zero-order chi connectivity index (χ0) is 79.5. The second-order valence-electron chi connectivity index (χ2n) is 37.0. The molecule has 0 N–H and O–H groups in total. The molecule has 8 aliphatic carbocycles. The summed E-state index contributed by atoms with van der Waals surface area (Å²) in [6.07, 6.45) is 13.2. The van der Waals surface area contributed by atoms with Crippen LogP contribution in [0.5, 0.6) is 23.0 Å². The van der Waals surface area contributed by atoms with Crippen LogP contribution in [-0.4, -0.2) is 79.8 Å². The Bertz CT molecular complexity index is 5420. The van der Waals surface area contributed by atoms with E-state index in [1.165, 1.54) is 0 Å². The van der Waals surface area contributed by atoms with Gasteiger partial charge in [0.2, 0.25) is 0 Å². The molecular weight excluding hydrogens is 1490 g/mol. The molecule has 8 bridgehead atoms. The van der Waals surface area contributed by atoms with Gasteiger partial charge in [-0.05, 0) is 212 Å². The first-order chi connectivity index (χ1) is 52.9. The number of rotatable bonds is 29. The highest BCUT2D eigenvalue weighted by molar-refractivity contribution is 7.88. The minimum atomic E-state index is -4.89. The summed E-state index contributed by atoms with van der Waals surface area (Å²) in [4.78, 5) is 57.6. The standard InChI is InChI=1S/C92H106O16S4/c1-11-13-15-17-27-57-45-73(105-109(97,98)53-89-41-37-59(47-77(89)93)85(89,3)4)81(67-33-23-19-29-63(57)67)83-69-35-25-21-31-65(69)71(51-75(83)107-111(101,102)55-91-43-39-61(49-79(91)95)87(91,7)8)72-52-76(108-112(103,104)56-92-44-40-62(50-80(92)96)88(92,9)10)84(70-36-26-22-32-66(70)72)82-68-34-24-20-30-64(68)58(28-18-16-14-12-2)46-74(82)106-110(99,100)54-90-42-38-60(48-78(90)94)86(90,5)6/h19-26,29-36,45-46,51-52,59-62H,11-18,27-28,37-44,47-50,53-56H2,1-10H3/t59-,60-,61-,62-,89-,90-,91-,92-/m1/s1. The number of unbranched alkanes of at least 4 members (excludes halogenated alkanes) is 6. The van der Waals surface area contributed by atoms with E-state index in [2.05, 4.69) is 13.8 Å². The number of hydrogen-bond acceptors (Lipinski definition) is 16. The maximum Gasteiger partial charge on any atom is 0.310 e. The number of hydrogen-bond donors (Lipinski definition) is 0. The third-order valence-electron chi connectivity index (χ3n) is 30.7. The van der Waals surface area contributed by atoms with Gasteiger partial charge in [0.1, 0.15) is 23.1 Å². The maximum atomic E-state index is 16.0. The van der Waals surface area contributed by atoms with Gasteiger partial charge in [-0.3, -0.25) is 19.2 Å². The van der Waals surface area contributed by atoms with Crippen molar-refractivity contribution in [3.8, 4) is 56.4 Å². The Morgan fingerprint density at radius 2 is 0.545 bits per heavy atom. The molecule has 0 radical (unpaired) electrons. The summed E-state index contributed by atoms with van der Waals surface area (Å²) in [6.45, 7) is 19.9. The van der Waals surface area contributed by atoms with Crippen molar-refractivity contribution in [2.45, 2.75) is 210 Å². The molecule has 112 heavy (non-hydrogen) atoms. The van der Waals surface area contributed by atoms with Gasteiger partial charge in [0, 0.05) is 47.9 Å². The van der Waals surface area contributed by atoms with E-state index in [0.29, 0.717) is 108 Å². The lowest BCUT2D eigenvalue weighted by atomic mass is 9.70. The molecule has 0 aliphatic heterocycles. The molecule has 20 heteroatoms. The van der Waals surface area contributed by atoms with Crippen LogP contribution >= 0.6 is 0 Å². The number of ketones is 4. The number of benzene rings is 8. The molecule has 0 unspecified atom stereocenters. The minimum absolute atomic E-state index is 0.00729. The average molecular weight is 1600 g/mol. The SMILES string of the molecule is CCCCCCc1cc(OS(=O)(=O)C[C@]23CC[C@H](CC2=O)C3(C)C)c(-c2c(OS(=O)(=O)C[C@]34CC[C@H](CC3=O)C4(C)C)cc(-c3cc(OS(=O)(=O)C[C@]45CC[C@H](CC4=O)C5(C)C)c(-c4c(OS(=O)(=O)C[C@]56CC[C@H](CC5=O)C6(C)C)cc(CCCCCC)c5ccccc45)c4ccccc34)c3ccccc23)c2ccccc12. The Morgan fingerprint density at radius 3 is 0.777 bits per heavy atom. The lowest BCUT2D eigenvalue weighted by Gasteiger charge is -2.36. The van der Waals surface area contributed by atoms with Crippen LogP contribution in [0.2, 0.25) is 0 Å². The fourth-order valence-electron chi connectivity index (χ4n) is 23.5. The molecule has 0 spiro atoms. The van der Waals surface area contributed by atoms with Crippen molar-refractivity contribution in [1.82, 2.24) is 0 Å². The number of fused-ring (bicyclic) bond motifs is 12. The van der Waals surface area contributed by atoms with E-state index >= 15 is 33.7 Å². The van der Waals surface area contributed by atoms with Gasteiger partial charge in [0.15, 0.2) is 23.0 Å². The predicted octanol–water partition coefficient (Wildman–Crippen LogP) is 20.0. The van der Waals surface area contributed by atoms with Gasteiger partial charge in [0.25, 0.3) is 0 Å². The third-order valence-corrected chi connectivity index (χ3v) is 35.8. The highest BCUT2D eigenvalue weighted by Gasteiger charge is 2.69. The van der Waals surface area contributed by atoms with Gasteiger partial charge in [-0.25, -0.2) is 0 Å². The molecular formula is C92H106O16S4. The van der Waals surface area contributed by atoms with Gasteiger partial charge in [0.05, 0.1) is 44.7 Å². The van der Waals surface area contributed by atoms with Crippen molar-refractivity contribution < 1.29 is 69.6 Å². The lowest BCUT2D eigenvalue weighted by Crippen LogP contribution is -2.43. The van der Waals surface area contributed by atoms with Crippen molar-refractivity contribution >= 4 is 107 Å². The fourth-order valence-corrected chi connectivity index (χ4v) is 30.5. The zero-order valence-corrected chi connectivity index (χ0v) is 69.7. The second-order valence-corrected chi connectivity index (χ2v) is 43.3. The molecule has 8 aliphatic rings. The Hall–Kier alpha value is -7.52. The van der Waals surface area contributed by atoms with Crippen LogP contribution in [0, 0.1) is 67.0 Å². The van der Waals surface area contributed by atoms with Crippen molar-refractivity contribution in [3.63, 3.8) is 0 Å². The smallest absolute Gasteiger partial charge is 0.310 e. The van der Waals surface area contributed by atoms with Crippen LogP contribution in [0.3, 0.4) is 0 Å². The van der Waals surface area contributed by atoms with E-state index in [0.717, 1.165) is 73.3 Å². The largest absolute Gasteiger partial charge is 0.382 e. The monoisotopic (exact) mass is 1590 g/mol. The molecule has 8 aromatic carbocycles. The van der Waals surface area contributed by atoms with Crippen molar-refractivity contribution in [2.75, 3.05) is 23.0 Å². The molecule has 594 valence electrons. The Labute approximate surface area is 661 Å². The topological polar surface area (TPSA) is 242 Å². The predicted molar refractivity (Wildman–Crippen MR) is 440 cm³/mol. The van der Waals surface area contributed by atoms with E-state index in [9.17, 15) is 19.2 Å². The quantitative estimate of drug-likeness (QED) is 0.0312. The molecule has 0 heterocycles. The number of carbonyl (C=O) groups is 4. The summed E-state index contributed by atoms with van der Waals surface area (Å²) in [7, 11) is -19.2. The summed E-state index contributed by atoms with van der Waals surface area (Å²) in [5.74, 6) is -4.01. The first-order valence-corrected chi connectivity index (χ1v) is 47.3. The summed E-state index contributed by atoms with van der Waals surface area (Å²) in [5, 5.41) is 4.13. The van der Waals surface area contributed by atoms with Crippen LogP contribution in [0.4, 0.5) is 0 Å². The van der Waals surface area contributed by atoms with E-state index in [1.807, 2.05) is 128 Å². The maximum absolute atomic E-state index is 16.0. The van der Waals surface area contributed by atoms with Crippen LogP contribution in [0.1, 0.15) is 209 Å². The highest BCUT2D eigenvalue weighted by atomic mass is 32.2. The van der Waals surface area contributed by atoms with E-state index in [-0.39, 0.29) is 118 Å². The normalized spacial score (nSPS) is 26.6. The summed E-state index contributed by atoms with van der Waals surface area (Å²) >= 11 is 0. The first-order valence-electron chi connectivity index (χ1n) is 40.9. The fraction of sp³-hybridized carbons (Fsp3) is 0.522. The number of Topliss-reactive ketones (excluding diaryl/α,β-unsaturated/α-hetero) is 4. The molecule has 0 aromatic heterocycles. The second kappa shape index (κ2) is 27.6. The van der Waals surface area contributed by atoms with Crippen LogP contribution < -0.4 is 16.7 Å². The van der Waals surface area contributed by atoms with E-state index in [4.69, 9.17) is 16.7 Å². The molecule has 8 fully saturated rings. The molecule has 0 amide bonds. The van der Waals surface area contributed by atoms with Gasteiger partial charge in [-0.1, -0.05) is 205 Å². The Balaban J connectivity index is 0.969. The van der Waals surface area contributed by atoms with Gasteiger partial charge >= 0.3 is 40.5 Å². The summed E-state index contributed by atoms with van der Waals surface area (Å²) < 4.78 is 153.